The van der Waals surface area contributed by atoms with Crippen LogP contribution in [0.5, 0.6) is 0 Å². The number of ketones is 1. The molecule has 0 aliphatic heterocycles. The van der Waals surface area contributed by atoms with E-state index in [4.69, 9.17) is 4.74 Å². The highest BCUT2D eigenvalue weighted by molar-refractivity contribution is 5.89. The first-order valence-electron chi connectivity index (χ1n) is 11.5. The number of nitrogens with one attached hydrogen (secondary N) is 1. The van der Waals surface area contributed by atoms with Crippen molar-refractivity contribution in [3.05, 3.63) is 0 Å². The van der Waals surface area contributed by atoms with E-state index < -0.39 is 6.04 Å². The number of methoxy groups -OCH3 is 1. The molecule has 28 heavy (non-hydrogen) atoms. The van der Waals surface area contributed by atoms with E-state index in [0.717, 1.165) is 25.7 Å². The number of hydrogen-bond acceptors (Lipinski definition) is 3. The molecule has 0 bridgehead atoms. The lowest BCUT2D eigenvalue weighted by molar-refractivity contribution is -0.139. The summed E-state index contributed by atoms with van der Waals surface area (Å²) in [6, 6.07) is -0.436. The minimum Gasteiger partial charge on any atom is -0.377 e. The van der Waals surface area contributed by atoms with E-state index in [0.29, 0.717) is 5.92 Å². The normalized spacial score (nSPS) is 20.5. The summed E-state index contributed by atoms with van der Waals surface area (Å²) in [6.07, 6.45) is 9.03. The van der Waals surface area contributed by atoms with E-state index in [2.05, 4.69) is 19.2 Å². The number of Topliss-reactive ketones (excluding diaryl/α,β-unsaturated/α-hetero) is 1. The van der Waals surface area contributed by atoms with Crippen LogP contribution in [-0.2, 0) is 14.3 Å². The summed E-state index contributed by atoms with van der Waals surface area (Å²) in [5, 5.41) is 3.07. The van der Waals surface area contributed by atoms with Crippen molar-refractivity contribution in [2.75, 3.05) is 7.11 Å². The van der Waals surface area contributed by atoms with E-state index in [1.807, 2.05) is 34.6 Å². The molecule has 1 N–H and O–H groups in total. The fourth-order valence-electron chi connectivity index (χ4n) is 4.28. The Balaban J connectivity index is 0.00000133. The molecule has 4 nitrogen and oxygen atoms in total. The number of hydrogen-bond donors (Lipinski definition) is 1. The maximum Gasteiger partial charge on any atom is 0.226 e. The number of amides is 1. The smallest absolute Gasteiger partial charge is 0.226 e. The number of carbonyl (C=O) groups excluding carboxylic acids is 2. The molecule has 4 heteroatoms. The number of rotatable bonds is 6. The van der Waals surface area contributed by atoms with Crippen molar-refractivity contribution in [3.63, 3.8) is 0 Å². The first-order chi connectivity index (χ1) is 13.1. The van der Waals surface area contributed by atoms with Crippen LogP contribution in [0.25, 0.3) is 0 Å². The van der Waals surface area contributed by atoms with Gasteiger partial charge in [-0.15, -0.1) is 0 Å². The molecule has 2 aliphatic rings. The second-order valence-electron chi connectivity index (χ2n) is 9.27. The lowest BCUT2D eigenvalue weighted by Gasteiger charge is -2.37. The van der Waals surface area contributed by atoms with E-state index >= 15 is 0 Å². The van der Waals surface area contributed by atoms with Gasteiger partial charge in [0.15, 0.2) is 5.78 Å². The maximum atomic E-state index is 13.1. The first kappa shape index (κ1) is 27.1. The van der Waals surface area contributed by atoms with Crippen molar-refractivity contribution in [2.45, 2.75) is 118 Å². The van der Waals surface area contributed by atoms with Crippen LogP contribution < -0.4 is 5.32 Å². The van der Waals surface area contributed by atoms with Gasteiger partial charge in [0.1, 0.15) is 0 Å². The van der Waals surface area contributed by atoms with Gasteiger partial charge in [0, 0.05) is 7.11 Å². The molecule has 0 saturated heterocycles. The summed E-state index contributed by atoms with van der Waals surface area (Å²) in [4.78, 5) is 25.1. The summed E-state index contributed by atoms with van der Waals surface area (Å²) >= 11 is 0. The molecule has 0 radical (unpaired) electrons. The van der Waals surface area contributed by atoms with Crippen LogP contribution in [0.2, 0.25) is 0 Å². The van der Waals surface area contributed by atoms with Crippen molar-refractivity contribution in [1.29, 1.82) is 0 Å². The third kappa shape index (κ3) is 7.85. The Bertz CT molecular complexity index is 457. The maximum absolute atomic E-state index is 13.1. The van der Waals surface area contributed by atoms with Gasteiger partial charge in [-0.25, -0.2) is 0 Å². The molecular weight excluding hydrogens is 350 g/mol. The van der Waals surface area contributed by atoms with Gasteiger partial charge in [-0.1, -0.05) is 74.1 Å². The minimum atomic E-state index is -0.436. The Morgan fingerprint density at radius 2 is 1.54 bits per heavy atom. The monoisotopic (exact) mass is 397 g/mol. The Morgan fingerprint density at radius 3 is 1.86 bits per heavy atom. The third-order valence-corrected chi connectivity index (χ3v) is 5.68. The fourth-order valence-corrected chi connectivity index (χ4v) is 4.28. The van der Waals surface area contributed by atoms with Gasteiger partial charge in [0.25, 0.3) is 0 Å². The Morgan fingerprint density at radius 1 is 1.07 bits per heavy atom. The molecule has 2 saturated carbocycles. The second kappa shape index (κ2) is 12.6. The van der Waals surface area contributed by atoms with Crippen LogP contribution in [0.1, 0.15) is 107 Å². The minimum absolute atomic E-state index is 0.0198. The predicted octanol–water partition coefficient (Wildman–Crippen LogP) is 5.92. The molecule has 0 aromatic heterocycles. The first-order valence-corrected chi connectivity index (χ1v) is 11.5. The van der Waals surface area contributed by atoms with Crippen molar-refractivity contribution in [3.8, 4) is 0 Å². The summed E-state index contributed by atoms with van der Waals surface area (Å²) in [6.45, 7) is 15.8. The molecule has 0 aromatic carbocycles. The largest absolute Gasteiger partial charge is 0.377 e. The predicted molar refractivity (Wildman–Crippen MR) is 118 cm³/mol. The van der Waals surface area contributed by atoms with Gasteiger partial charge in [-0.2, -0.15) is 0 Å². The number of ether oxygens (including phenoxy) is 1. The lowest BCUT2D eigenvalue weighted by atomic mass is 9.75. The van der Waals surface area contributed by atoms with Gasteiger partial charge in [0.05, 0.1) is 17.6 Å². The van der Waals surface area contributed by atoms with Crippen LogP contribution in [0.4, 0.5) is 0 Å². The highest BCUT2D eigenvalue weighted by Gasteiger charge is 2.56. The summed E-state index contributed by atoms with van der Waals surface area (Å²) in [5.41, 5.74) is -0.562. The standard InChI is InChI=1S/C19H33NO3.C3H8.C2H6/c1-13(21)16(18(2,3)4)20-17(22)15(19(23-5)11-12-19)14-9-7-6-8-10-14;1-3-2;1-2/h14-16H,6-12H2,1-5H3,(H,20,22);3H2,1-2H3;1-2H3. The average molecular weight is 398 g/mol. The van der Waals surface area contributed by atoms with Crippen molar-refractivity contribution >= 4 is 11.7 Å². The summed E-state index contributed by atoms with van der Waals surface area (Å²) in [7, 11) is 1.72. The Hall–Kier alpha value is -0.900. The Kier molecular flexibility index (Phi) is 12.2. The highest BCUT2D eigenvalue weighted by atomic mass is 16.5. The third-order valence-electron chi connectivity index (χ3n) is 5.68. The van der Waals surface area contributed by atoms with E-state index in [9.17, 15) is 9.59 Å². The molecule has 2 aliphatic carbocycles. The number of carbonyl (C=O) groups is 2. The van der Waals surface area contributed by atoms with Crippen LogP contribution in [0.3, 0.4) is 0 Å². The fraction of sp³-hybridized carbons (Fsp3) is 0.917. The van der Waals surface area contributed by atoms with E-state index in [1.165, 1.54) is 25.7 Å². The molecule has 0 spiro atoms. The van der Waals surface area contributed by atoms with Gasteiger partial charge in [-0.3, -0.25) is 9.59 Å². The van der Waals surface area contributed by atoms with Gasteiger partial charge < -0.3 is 10.1 Å². The molecule has 2 rings (SSSR count). The van der Waals surface area contributed by atoms with Crippen LogP contribution in [0.15, 0.2) is 0 Å². The SMILES string of the molecule is CC.CCC.COC1(C(C(=O)NC(C(C)=O)C(C)(C)C)C2CCCCC2)CC1. The molecule has 0 heterocycles. The van der Waals surface area contributed by atoms with Crippen molar-refractivity contribution in [1.82, 2.24) is 5.32 Å². The van der Waals surface area contributed by atoms with E-state index in [-0.39, 0.29) is 28.6 Å². The summed E-state index contributed by atoms with van der Waals surface area (Å²) in [5.74, 6) is 0.317. The van der Waals surface area contributed by atoms with Crippen molar-refractivity contribution < 1.29 is 14.3 Å². The quantitative estimate of drug-likeness (QED) is 0.605. The zero-order chi connectivity index (χ0) is 22.0. The van der Waals surface area contributed by atoms with Gasteiger partial charge in [-0.05, 0) is 43.9 Å². The second-order valence-corrected chi connectivity index (χ2v) is 9.27. The van der Waals surface area contributed by atoms with Crippen LogP contribution in [0, 0.1) is 17.3 Å². The zero-order valence-corrected chi connectivity index (χ0v) is 20.1. The molecule has 2 atom stereocenters. The lowest BCUT2D eigenvalue weighted by Crippen LogP contribution is -2.53. The van der Waals surface area contributed by atoms with Crippen molar-refractivity contribution in [2.24, 2.45) is 17.3 Å². The summed E-state index contributed by atoms with van der Waals surface area (Å²) < 4.78 is 5.77. The average Bonchev–Trinajstić information content (AvgIpc) is 3.43. The van der Waals surface area contributed by atoms with E-state index in [1.54, 1.807) is 14.0 Å². The highest BCUT2D eigenvalue weighted by Crippen LogP contribution is 2.51. The molecule has 2 unspecified atom stereocenters. The van der Waals surface area contributed by atoms with Crippen LogP contribution in [-0.4, -0.2) is 30.4 Å². The molecular formula is C24H47NO3. The molecule has 2 fully saturated rings. The molecule has 0 aromatic rings. The molecule has 166 valence electrons. The molecule has 1 amide bonds. The van der Waals surface area contributed by atoms with Gasteiger partial charge in [0.2, 0.25) is 5.91 Å². The van der Waals surface area contributed by atoms with Gasteiger partial charge >= 0.3 is 0 Å². The zero-order valence-electron chi connectivity index (χ0n) is 20.1. The Labute approximate surface area is 174 Å². The topological polar surface area (TPSA) is 55.4 Å². The van der Waals surface area contributed by atoms with Crippen LogP contribution >= 0.6 is 0 Å².